The Morgan fingerprint density at radius 2 is 2.00 bits per heavy atom. The number of hydrogen-bond donors (Lipinski definition) is 1. The molecule has 1 atom stereocenters. The van der Waals surface area contributed by atoms with Gasteiger partial charge < -0.3 is 5.32 Å². The van der Waals surface area contributed by atoms with Gasteiger partial charge in [0, 0.05) is 6.04 Å². The van der Waals surface area contributed by atoms with Crippen molar-refractivity contribution < 1.29 is 4.79 Å². The van der Waals surface area contributed by atoms with E-state index in [4.69, 9.17) is 0 Å². The minimum absolute atomic E-state index is 0.0642. The molecule has 2 aromatic rings. The summed E-state index contributed by atoms with van der Waals surface area (Å²) in [7, 11) is 0. The molecule has 3 heteroatoms. The largest absolute Gasteiger partial charge is 0.348 e. The zero-order chi connectivity index (χ0) is 12.4. The summed E-state index contributed by atoms with van der Waals surface area (Å²) in [4.78, 5) is 12.8. The van der Waals surface area contributed by atoms with Crippen molar-refractivity contribution in [3.8, 4) is 0 Å². The smallest absolute Gasteiger partial charge is 0.261 e. The average molecular weight is 257 g/mol. The Kier molecular flexibility index (Phi) is 3.15. The molecule has 1 amide bonds. The van der Waals surface area contributed by atoms with Crippen LogP contribution in [0.4, 0.5) is 0 Å². The molecular weight excluding hydrogens is 242 g/mol. The summed E-state index contributed by atoms with van der Waals surface area (Å²) in [5.41, 5.74) is 2.80. The van der Waals surface area contributed by atoms with Crippen LogP contribution in [0.3, 0.4) is 0 Å². The maximum atomic E-state index is 12.0. The van der Waals surface area contributed by atoms with Gasteiger partial charge in [-0.15, -0.1) is 11.3 Å². The molecule has 3 rings (SSSR count). The molecule has 18 heavy (non-hydrogen) atoms. The highest BCUT2D eigenvalue weighted by molar-refractivity contribution is 7.12. The Morgan fingerprint density at radius 1 is 1.17 bits per heavy atom. The lowest BCUT2D eigenvalue weighted by Gasteiger charge is -2.25. The number of rotatable bonds is 2. The molecule has 2 nitrogen and oxygen atoms in total. The molecule has 0 saturated heterocycles. The molecule has 1 heterocycles. The van der Waals surface area contributed by atoms with E-state index >= 15 is 0 Å². The van der Waals surface area contributed by atoms with E-state index in [-0.39, 0.29) is 11.9 Å². The number of benzene rings is 1. The highest BCUT2D eigenvalue weighted by Gasteiger charge is 2.20. The first-order valence-electron chi connectivity index (χ1n) is 6.24. The van der Waals surface area contributed by atoms with Crippen molar-refractivity contribution in [2.24, 2.45) is 0 Å². The van der Waals surface area contributed by atoms with Crippen LogP contribution in [0.1, 0.15) is 27.2 Å². The lowest BCUT2D eigenvalue weighted by molar-refractivity contribution is 0.0938. The van der Waals surface area contributed by atoms with E-state index in [1.54, 1.807) is 0 Å². The van der Waals surface area contributed by atoms with Crippen molar-refractivity contribution in [3.05, 3.63) is 57.8 Å². The molecule has 1 N–H and O–H groups in total. The van der Waals surface area contributed by atoms with Gasteiger partial charge in [0.1, 0.15) is 0 Å². The third-order valence-electron chi connectivity index (χ3n) is 3.43. The zero-order valence-corrected chi connectivity index (χ0v) is 10.9. The second kappa shape index (κ2) is 4.94. The molecule has 0 radical (unpaired) electrons. The summed E-state index contributed by atoms with van der Waals surface area (Å²) in [6.07, 6.45) is 3.05. The summed E-state index contributed by atoms with van der Waals surface area (Å²) >= 11 is 1.49. The maximum Gasteiger partial charge on any atom is 0.261 e. The highest BCUT2D eigenvalue weighted by Crippen LogP contribution is 2.21. The Hall–Kier alpha value is -1.61. The first-order valence-corrected chi connectivity index (χ1v) is 7.12. The number of nitrogens with one attached hydrogen (secondary N) is 1. The molecule has 0 aliphatic heterocycles. The summed E-state index contributed by atoms with van der Waals surface area (Å²) in [6, 6.07) is 12.6. The second-order valence-electron chi connectivity index (χ2n) is 4.66. The second-order valence-corrected chi connectivity index (χ2v) is 5.61. The summed E-state index contributed by atoms with van der Waals surface area (Å²) in [5.74, 6) is 0.0642. The predicted octanol–water partition coefficient (Wildman–Crippen LogP) is 3.04. The van der Waals surface area contributed by atoms with Crippen LogP contribution in [0.25, 0.3) is 0 Å². The number of carbonyl (C=O) groups is 1. The Morgan fingerprint density at radius 3 is 2.78 bits per heavy atom. The van der Waals surface area contributed by atoms with Crippen molar-refractivity contribution in [2.45, 2.75) is 25.3 Å². The van der Waals surface area contributed by atoms with Gasteiger partial charge in [-0.2, -0.15) is 0 Å². The van der Waals surface area contributed by atoms with E-state index < -0.39 is 0 Å². The Balaban J connectivity index is 1.68. The molecule has 1 aromatic carbocycles. The normalized spacial score (nSPS) is 18.1. The van der Waals surface area contributed by atoms with Crippen molar-refractivity contribution >= 4 is 17.2 Å². The van der Waals surface area contributed by atoms with Gasteiger partial charge in [-0.25, -0.2) is 0 Å². The Labute approximate surface area is 111 Å². The summed E-state index contributed by atoms with van der Waals surface area (Å²) < 4.78 is 0. The molecule has 0 saturated carbocycles. The SMILES string of the molecule is O=C(NC1CCc2ccccc2C1)c1cccs1. The Bertz CT molecular complexity index is 547. The number of thiophene rings is 1. The fourth-order valence-corrected chi connectivity index (χ4v) is 3.11. The molecular formula is C15H15NOS. The molecule has 92 valence electrons. The van der Waals surface area contributed by atoms with E-state index in [1.165, 1.54) is 22.5 Å². The molecule has 1 unspecified atom stereocenters. The maximum absolute atomic E-state index is 12.0. The van der Waals surface area contributed by atoms with Crippen molar-refractivity contribution in [2.75, 3.05) is 0 Å². The molecule has 0 fully saturated rings. The lowest BCUT2D eigenvalue weighted by atomic mass is 9.88. The van der Waals surface area contributed by atoms with Crippen LogP contribution in [-0.4, -0.2) is 11.9 Å². The minimum atomic E-state index is 0.0642. The third kappa shape index (κ3) is 2.31. The van der Waals surface area contributed by atoms with Gasteiger partial charge in [0.2, 0.25) is 0 Å². The summed E-state index contributed by atoms with van der Waals surface area (Å²) in [6.45, 7) is 0. The van der Waals surface area contributed by atoms with Gasteiger partial charge in [-0.05, 0) is 41.8 Å². The van der Waals surface area contributed by atoms with Crippen LogP contribution in [0, 0.1) is 0 Å². The van der Waals surface area contributed by atoms with Crippen LogP contribution in [0.15, 0.2) is 41.8 Å². The number of hydrogen-bond acceptors (Lipinski definition) is 2. The lowest BCUT2D eigenvalue weighted by Crippen LogP contribution is -2.38. The van der Waals surface area contributed by atoms with Gasteiger partial charge >= 0.3 is 0 Å². The zero-order valence-electron chi connectivity index (χ0n) is 10.1. The molecule has 0 bridgehead atoms. The van der Waals surface area contributed by atoms with E-state index in [0.717, 1.165) is 24.1 Å². The van der Waals surface area contributed by atoms with Gasteiger partial charge in [-0.1, -0.05) is 30.3 Å². The van der Waals surface area contributed by atoms with Crippen molar-refractivity contribution in [1.29, 1.82) is 0 Å². The predicted molar refractivity (Wildman–Crippen MR) is 74.0 cm³/mol. The van der Waals surface area contributed by atoms with Gasteiger partial charge in [-0.3, -0.25) is 4.79 Å². The van der Waals surface area contributed by atoms with Gasteiger partial charge in [0.05, 0.1) is 4.88 Å². The first kappa shape index (κ1) is 11.5. The summed E-state index contributed by atoms with van der Waals surface area (Å²) in [5, 5.41) is 5.07. The first-order chi connectivity index (χ1) is 8.83. The van der Waals surface area contributed by atoms with Crippen LogP contribution in [0.2, 0.25) is 0 Å². The van der Waals surface area contributed by atoms with Gasteiger partial charge in [0.25, 0.3) is 5.91 Å². The number of carbonyl (C=O) groups excluding carboxylic acids is 1. The number of fused-ring (bicyclic) bond motifs is 1. The molecule has 1 aromatic heterocycles. The fraction of sp³-hybridized carbons (Fsp3) is 0.267. The number of aryl methyl sites for hydroxylation is 1. The van der Waals surface area contributed by atoms with Crippen LogP contribution in [0.5, 0.6) is 0 Å². The van der Waals surface area contributed by atoms with Crippen LogP contribution < -0.4 is 5.32 Å². The standard InChI is InChI=1S/C15H15NOS/c17-15(14-6-3-9-18-14)16-13-8-7-11-4-1-2-5-12(11)10-13/h1-6,9,13H,7-8,10H2,(H,16,17). The van der Waals surface area contributed by atoms with Gasteiger partial charge in [0.15, 0.2) is 0 Å². The highest BCUT2D eigenvalue weighted by atomic mass is 32.1. The van der Waals surface area contributed by atoms with E-state index in [0.29, 0.717) is 0 Å². The van der Waals surface area contributed by atoms with E-state index in [1.807, 2.05) is 17.5 Å². The third-order valence-corrected chi connectivity index (χ3v) is 4.30. The quantitative estimate of drug-likeness (QED) is 0.880. The monoisotopic (exact) mass is 257 g/mol. The van der Waals surface area contributed by atoms with Crippen LogP contribution >= 0.6 is 11.3 Å². The molecule has 0 spiro atoms. The number of amides is 1. The topological polar surface area (TPSA) is 29.1 Å². The van der Waals surface area contributed by atoms with Crippen molar-refractivity contribution in [1.82, 2.24) is 5.32 Å². The van der Waals surface area contributed by atoms with E-state index in [9.17, 15) is 4.79 Å². The van der Waals surface area contributed by atoms with Crippen LogP contribution in [-0.2, 0) is 12.8 Å². The molecule has 1 aliphatic rings. The minimum Gasteiger partial charge on any atom is -0.348 e. The fourth-order valence-electron chi connectivity index (χ4n) is 2.49. The average Bonchev–Trinajstić information content (AvgIpc) is 2.92. The molecule has 1 aliphatic carbocycles. The van der Waals surface area contributed by atoms with Crippen molar-refractivity contribution in [3.63, 3.8) is 0 Å². The van der Waals surface area contributed by atoms with E-state index in [2.05, 4.69) is 29.6 Å².